The van der Waals surface area contributed by atoms with Gasteiger partial charge in [-0.05, 0) is 19.8 Å². The number of amides is 1. The second kappa shape index (κ2) is 6.54. The van der Waals surface area contributed by atoms with Crippen molar-refractivity contribution < 1.29 is 18.0 Å². The Morgan fingerprint density at radius 1 is 1.42 bits per heavy atom. The van der Waals surface area contributed by atoms with E-state index in [1.54, 1.807) is 0 Å². The smallest absolute Gasteiger partial charge is 0.345 e. The summed E-state index contributed by atoms with van der Waals surface area (Å²) in [6.45, 7) is 1.80. The fraction of sp³-hybridized carbons (Fsp3) is 0.533. The van der Waals surface area contributed by atoms with Gasteiger partial charge in [0.05, 0.1) is 24.3 Å². The van der Waals surface area contributed by atoms with Crippen molar-refractivity contribution in [2.75, 3.05) is 0 Å². The quantitative estimate of drug-likeness (QED) is 0.906. The maximum absolute atomic E-state index is 12.5. The number of halogens is 3. The Kier molecular flexibility index (Phi) is 4.62. The van der Waals surface area contributed by atoms with Crippen LogP contribution in [0.15, 0.2) is 11.6 Å². The zero-order valence-electron chi connectivity index (χ0n) is 13.1. The summed E-state index contributed by atoms with van der Waals surface area (Å²) in [6.07, 6.45) is 1.50. The first-order valence-electron chi connectivity index (χ1n) is 7.70. The number of carbonyl (C=O) groups is 1. The molecule has 2 heterocycles. The van der Waals surface area contributed by atoms with Crippen molar-refractivity contribution in [2.45, 2.75) is 51.4 Å². The van der Waals surface area contributed by atoms with Gasteiger partial charge in [-0.25, -0.2) is 4.98 Å². The molecule has 24 heavy (non-hydrogen) atoms. The average molecular weight is 358 g/mol. The molecule has 1 amide bonds. The molecule has 1 fully saturated rings. The highest BCUT2D eigenvalue weighted by molar-refractivity contribution is 7.09. The van der Waals surface area contributed by atoms with Crippen LogP contribution in [0.2, 0.25) is 0 Å². The number of aromatic nitrogens is 3. The van der Waals surface area contributed by atoms with Crippen LogP contribution in [0.1, 0.15) is 58.5 Å². The molecule has 9 heteroatoms. The molecule has 5 nitrogen and oxygen atoms in total. The summed E-state index contributed by atoms with van der Waals surface area (Å²) in [5.74, 6) is -0.347. The van der Waals surface area contributed by atoms with Crippen molar-refractivity contribution in [3.05, 3.63) is 33.5 Å². The molecule has 0 aromatic carbocycles. The zero-order valence-corrected chi connectivity index (χ0v) is 13.9. The van der Waals surface area contributed by atoms with Gasteiger partial charge in [-0.3, -0.25) is 9.48 Å². The Morgan fingerprint density at radius 3 is 2.75 bits per heavy atom. The number of nitrogens with zero attached hydrogens (tertiary/aromatic N) is 3. The summed E-state index contributed by atoms with van der Waals surface area (Å²) in [5, 5.41) is 8.09. The van der Waals surface area contributed by atoms with Crippen molar-refractivity contribution in [2.24, 2.45) is 0 Å². The number of hydrogen-bond donors (Lipinski definition) is 1. The van der Waals surface area contributed by atoms with Gasteiger partial charge in [0.15, 0.2) is 5.69 Å². The van der Waals surface area contributed by atoms with Gasteiger partial charge in [0.1, 0.15) is 5.01 Å². The van der Waals surface area contributed by atoms with Gasteiger partial charge in [0.25, 0.3) is 5.91 Å². The van der Waals surface area contributed by atoms with Crippen molar-refractivity contribution in [3.63, 3.8) is 0 Å². The Balaban J connectivity index is 1.64. The van der Waals surface area contributed by atoms with Crippen molar-refractivity contribution in [1.29, 1.82) is 0 Å². The fourth-order valence-electron chi connectivity index (χ4n) is 2.94. The minimum absolute atomic E-state index is 0.0341. The molecule has 130 valence electrons. The normalized spacial score (nSPS) is 15.8. The van der Waals surface area contributed by atoms with Crippen LogP contribution in [0.5, 0.6) is 0 Å². The lowest BCUT2D eigenvalue weighted by Crippen LogP contribution is -2.23. The SMILES string of the molecule is Cc1c(C(=O)NCc2nc(C(F)(F)F)cs2)cnn1C1CCCC1. The van der Waals surface area contributed by atoms with E-state index in [0.29, 0.717) is 11.6 Å². The second-order valence-electron chi connectivity index (χ2n) is 5.83. The first kappa shape index (κ1) is 16.9. The predicted octanol–water partition coefficient (Wildman–Crippen LogP) is 3.71. The van der Waals surface area contributed by atoms with Gasteiger partial charge >= 0.3 is 6.18 Å². The van der Waals surface area contributed by atoms with Crippen molar-refractivity contribution in [3.8, 4) is 0 Å². The molecule has 2 aromatic heterocycles. The van der Waals surface area contributed by atoms with Crippen LogP contribution in [-0.2, 0) is 12.7 Å². The number of hydrogen-bond acceptors (Lipinski definition) is 4. The van der Waals surface area contributed by atoms with E-state index < -0.39 is 11.9 Å². The number of rotatable bonds is 4. The molecule has 0 unspecified atom stereocenters. The monoisotopic (exact) mass is 358 g/mol. The summed E-state index contributed by atoms with van der Waals surface area (Å²) in [6, 6.07) is 0.333. The first-order valence-corrected chi connectivity index (χ1v) is 8.58. The minimum Gasteiger partial charge on any atom is -0.345 e. The van der Waals surface area contributed by atoms with Gasteiger partial charge in [-0.2, -0.15) is 18.3 Å². The molecule has 0 radical (unpaired) electrons. The molecule has 0 saturated heterocycles. The lowest BCUT2D eigenvalue weighted by molar-refractivity contribution is -0.140. The third-order valence-electron chi connectivity index (χ3n) is 4.20. The molecular weight excluding hydrogens is 341 g/mol. The highest BCUT2D eigenvalue weighted by atomic mass is 32.1. The lowest BCUT2D eigenvalue weighted by atomic mass is 10.2. The molecule has 0 bridgehead atoms. The molecule has 1 saturated carbocycles. The zero-order chi connectivity index (χ0) is 17.3. The van der Waals surface area contributed by atoms with E-state index in [4.69, 9.17) is 0 Å². The van der Waals surface area contributed by atoms with Crippen molar-refractivity contribution in [1.82, 2.24) is 20.1 Å². The van der Waals surface area contributed by atoms with E-state index in [0.717, 1.165) is 48.1 Å². The molecule has 3 rings (SSSR count). The summed E-state index contributed by atoms with van der Waals surface area (Å²) >= 11 is 0.877. The van der Waals surface area contributed by atoms with Crippen LogP contribution in [0.25, 0.3) is 0 Å². The third-order valence-corrected chi connectivity index (χ3v) is 5.05. The number of thiazole rings is 1. The summed E-state index contributed by atoms with van der Waals surface area (Å²) in [5.41, 5.74) is 0.311. The van der Waals surface area contributed by atoms with Crippen LogP contribution >= 0.6 is 11.3 Å². The van der Waals surface area contributed by atoms with Crippen LogP contribution in [0.4, 0.5) is 13.2 Å². The number of carbonyl (C=O) groups excluding carboxylic acids is 1. The minimum atomic E-state index is -4.46. The molecule has 0 spiro atoms. The van der Waals surface area contributed by atoms with Gasteiger partial charge in [-0.15, -0.1) is 11.3 Å². The van der Waals surface area contributed by atoms with Crippen LogP contribution in [0, 0.1) is 6.92 Å². The topological polar surface area (TPSA) is 59.8 Å². The molecule has 0 atom stereocenters. The summed E-state index contributed by atoms with van der Waals surface area (Å²) in [4.78, 5) is 15.8. The van der Waals surface area contributed by atoms with E-state index in [2.05, 4.69) is 15.4 Å². The van der Waals surface area contributed by atoms with Gasteiger partial charge < -0.3 is 5.32 Å². The average Bonchev–Trinajstić information content (AvgIpc) is 3.24. The molecular formula is C15H17F3N4OS. The number of alkyl halides is 3. The van der Waals surface area contributed by atoms with Gasteiger partial charge in [-0.1, -0.05) is 12.8 Å². The van der Waals surface area contributed by atoms with Crippen LogP contribution < -0.4 is 5.32 Å². The highest BCUT2D eigenvalue weighted by Gasteiger charge is 2.33. The van der Waals surface area contributed by atoms with E-state index in [1.807, 2.05) is 11.6 Å². The Labute approximate surface area is 140 Å². The lowest BCUT2D eigenvalue weighted by Gasteiger charge is -2.12. The maximum atomic E-state index is 12.5. The predicted molar refractivity (Wildman–Crippen MR) is 82.8 cm³/mol. The van der Waals surface area contributed by atoms with Gasteiger partial charge in [0, 0.05) is 11.1 Å². The summed E-state index contributed by atoms with van der Waals surface area (Å²) in [7, 11) is 0. The first-order chi connectivity index (χ1) is 11.4. The summed E-state index contributed by atoms with van der Waals surface area (Å²) < 4.78 is 39.4. The maximum Gasteiger partial charge on any atom is 0.434 e. The molecule has 1 N–H and O–H groups in total. The highest BCUT2D eigenvalue weighted by Crippen LogP contribution is 2.31. The largest absolute Gasteiger partial charge is 0.434 e. The Bertz CT molecular complexity index is 731. The second-order valence-corrected chi connectivity index (χ2v) is 6.78. The molecule has 1 aliphatic rings. The Hall–Kier alpha value is -1.90. The van der Waals surface area contributed by atoms with E-state index in [-0.39, 0.29) is 17.5 Å². The van der Waals surface area contributed by atoms with Crippen LogP contribution in [-0.4, -0.2) is 20.7 Å². The standard InChI is InChI=1S/C15H17F3N4OS/c1-9-11(6-20-22(9)10-4-2-3-5-10)14(23)19-7-13-21-12(8-24-13)15(16,17)18/h6,8,10H,2-5,7H2,1H3,(H,19,23). The van der Waals surface area contributed by atoms with E-state index in [1.165, 1.54) is 6.20 Å². The molecule has 1 aliphatic carbocycles. The van der Waals surface area contributed by atoms with Crippen LogP contribution in [0.3, 0.4) is 0 Å². The van der Waals surface area contributed by atoms with E-state index in [9.17, 15) is 18.0 Å². The molecule has 0 aliphatic heterocycles. The van der Waals surface area contributed by atoms with Gasteiger partial charge in [0.2, 0.25) is 0 Å². The molecule has 2 aromatic rings. The Morgan fingerprint density at radius 2 is 2.12 bits per heavy atom. The van der Waals surface area contributed by atoms with Crippen molar-refractivity contribution >= 4 is 17.2 Å². The number of nitrogens with one attached hydrogen (secondary N) is 1. The fourth-order valence-corrected chi connectivity index (χ4v) is 3.68. The van der Waals surface area contributed by atoms with E-state index >= 15 is 0 Å². The third kappa shape index (κ3) is 3.45.